The summed E-state index contributed by atoms with van der Waals surface area (Å²) in [6.45, 7) is 3.62. The van der Waals surface area contributed by atoms with Gasteiger partial charge in [0.15, 0.2) is 11.7 Å². The van der Waals surface area contributed by atoms with Gasteiger partial charge in [-0.05, 0) is 19.1 Å². The third kappa shape index (κ3) is 2.90. The number of Topliss-reactive ketones (excluding diaryl/α,β-unsaturated/α-hetero) is 1. The Morgan fingerprint density at radius 1 is 1.24 bits per heavy atom. The third-order valence-corrected chi connectivity index (χ3v) is 5.74. The lowest BCUT2D eigenvalue weighted by Gasteiger charge is -2.37. The number of hydrogen-bond acceptors (Lipinski definition) is 6. The molecule has 2 aliphatic rings. The van der Waals surface area contributed by atoms with Gasteiger partial charge in [-0.2, -0.15) is 0 Å². The number of aromatic nitrogens is 1. The Kier molecular flexibility index (Phi) is 4.44. The van der Waals surface area contributed by atoms with Crippen LogP contribution in [0.3, 0.4) is 0 Å². The first kappa shape index (κ1) is 19.2. The first-order chi connectivity index (χ1) is 13.7. The average molecular weight is 397 g/mol. The number of oxazole rings is 1. The summed E-state index contributed by atoms with van der Waals surface area (Å²) in [6, 6.07) is 7.00. The van der Waals surface area contributed by atoms with Crippen molar-refractivity contribution in [3.05, 3.63) is 47.2 Å². The number of rotatable bonds is 2. The minimum atomic E-state index is -1.13. The van der Waals surface area contributed by atoms with Gasteiger partial charge in [0.1, 0.15) is 12.4 Å². The first-order valence-corrected chi connectivity index (χ1v) is 9.45. The number of hydrogen-bond donors (Lipinski definition) is 0. The van der Waals surface area contributed by atoms with Crippen molar-refractivity contribution in [1.82, 2.24) is 14.8 Å². The van der Waals surface area contributed by atoms with Crippen LogP contribution in [0, 0.1) is 25.2 Å². The summed E-state index contributed by atoms with van der Waals surface area (Å²) in [5, 5.41) is 0. The number of benzene rings is 1. The largest absolute Gasteiger partial charge is 0.492 e. The van der Waals surface area contributed by atoms with Crippen LogP contribution in [-0.4, -0.2) is 66.2 Å². The highest BCUT2D eigenvalue weighted by molar-refractivity contribution is 6.07. The number of para-hydroxylation sites is 1. The van der Waals surface area contributed by atoms with E-state index in [0.29, 0.717) is 22.9 Å². The van der Waals surface area contributed by atoms with E-state index in [-0.39, 0.29) is 43.1 Å². The zero-order valence-corrected chi connectivity index (χ0v) is 16.9. The molecule has 2 atom stereocenters. The van der Waals surface area contributed by atoms with Crippen LogP contribution < -0.4 is 4.74 Å². The molecule has 0 saturated carbocycles. The van der Waals surface area contributed by atoms with E-state index in [4.69, 9.17) is 9.15 Å². The van der Waals surface area contributed by atoms with Crippen molar-refractivity contribution in [3.8, 4) is 5.75 Å². The van der Waals surface area contributed by atoms with Gasteiger partial charge in [0.2, 0.25) is 11.7 Å². The summed E-state index contributed by atoms with van der Waals surface area (Å²) in [6.07, 6.45) is 0. The summed E-state index contributed by atoms with van der Waals surface area (Å²) in [4.78, 5) is 46.8. The fourth-order valence-electron chi connectivity index (χ4n) is 4.26. The Balaban J connectivity index is 1.74. The van der Waals surface area contributed by atoms with Crippen molar-refractivity contribution in [2.24, 2.45) is 11.3 Å². The van der Waals surface area contributed by atoms with Gasteiger partial charge in [-0.1, -0.05) is 12.1 Å². The molecule has 29 heavy (non-hydrogen) atoms. The van der Waals surface area contributed by atoms with Crippen LogP contribution in [0.15, 0.2) is 28.7 Å². The molecule has 1 aromatic heterocycles. The maximum atomic E-state index is 13.5. The molecule has 2 amide bonds. The van der Waals surface area contributed by atoms with Gasteiger partial charge in [-0.15, -0.1) is 0 Å². The molecule has 4 rings (SSSR count). The van der Waals surface area contributed by atoms with E-state index in [1.165, 1.54) is 9.80 Å². The molecule has 0 bridgehead atoms. The monoisotopic (exact) mass is 397 g/mol. The molecule has 1 fully saturated rings. The summed E-state index contributed by atoms with van der Waals surface area (Å²) in [7, 11) is 3.29. The Morgan fingerprint density at radius 3 is 2.62 bits per heavy atom. The number of likely N-dealkylation sites (tertiary alicyclic amines) is 1. The van der Waals surface area contributed by atoms with Gasteiger partial charge in [0.25, 0.3) is 5.91 Å². The normalized spacial score (nSPS) is 23.1. The second-order valence-corrected chi connectivity index (χ2v) is 7.89. The number of carbonyl (C=O) groups is 3. The third-order valence-electron chi connectivity index (χ3n) is 5.74. The summed E-state index contributed by atoms with van der Waals surface area (Å²) >= 11 is 0. The maximum Gasteiger partial charge on any atom is 0.291 e. The molecule has 2 aliphatic heterocycles. The fraction of sp³-hybridized carbons (Fsp3) is 0.429. The van der Waals surface area contributed by atoms with Crippen molar-refractivity contribution in [1.29, 1.82) is 0 Å². The molecule has 8 heteroatoms. The standard InChI is InChI=1S/C21H23N3O5/c1-12-17(29-13(2)22-12)20(27)24-9-15(19(26)23(3)4)21(10-24)11-28-16-8-6-5-7-14(16)18(21)25/h5-8,15H,9-11H2,1-4H3/t15-,21-/m1/s1. The highest BCUT2D eigenvalue weighted by Crippen LogP contribution is 2.45. The van der Waals surface area contributed by atoms with E-state index in [9.17, 15) is 14.4 Å². The summed E-state index contributed by atoms with van der Waals surface area (Å²) in [5.74, 6) is -0.408. The van der Waals surface area contributed by atoms with E-state index in [2.05, 4.69) is 4.98 Å². The van der Waals surface area contributed by atoms with Crippen LogP contribution in [0.1, 0.15) is 32.5 Å². The Bertz CT molecular complexity index is 1010. The molecular weight excluding hydrogens is 374 g/mol. The molecule has 2 aromatic rings. The van der Waals surface area contributed by atoms with Crippen molar-refractivity contribution < 1.29 is 23.5 Å². The van der Waals surface area contributed by atoms with Gasteiger partial charge in [0.05, 0.1) is 22.6 Å². The van der Waals surface area contributed by atoms with Crippen LogP contribution in [-0.2, 0) is 4.79 Å². The van der Waals surface area contributed by atoms with Crippen molar-refractivity contribution >= 4 is 17.6 Å². The van der Waals surface area contributed by atoms with Gasteiger partial charge < -0.3 is 19.0 Å². The number of fused-ring (bicyclic) bond motifs is 1. The minimum absolute atomic E-state index is 0.0469. The summed E-state index contributed by atoms with van der Waals surface area (Å²) in [5.41, 5.74) is -0.203. The van der Waals surface area contributed by atoms with E-state index in [1.54, 1.807) is 52.2 Å². The fourth-order valence-corrected chi connectivity index (χ4v) is 4.26. The van der Waals surface area contributed by atoms with Crippen molar-refractivity contribution in [2.75, 3.05) is 33.8 Å². The Hall–Kier alpha value is -3.16. The number of carbonyl (C=O) groups excluding carboxylic acids is 3. The zero-order valence-electron chi connectivity index (χ0n) is 16.9. The van der Waals surface area contributed by atoms with Crippen molar-refractivity contribution in [2.45, 2.75) is 13.8 Å². The number of amides is 2. The number of aryl methyl sites for hydroxylation is 2. The lowest BCUT2D eigenvalue weighted by Crippen LogP contribution is -2.51. The second-order valence-electron chi connectivity index (χ2n) is 7.89. The predicted molar refractivity (Wildman–Crippen MR) is 103 cm³/mol. The lowest BCUT2D eigenvalue weighted by atomic mass is 9.71. The first-order valence-electron chi connectivity index (χ1n) is 9.45. The second kappa shape index (κ2) is 6.72. The van der Waals surface area contributed by atoms with E-state index < -0.39 is 11.3 Å². The molecule has 0 radical (unpaired) electrons. The quantitative estimate of drug-likeness (QED) is 0.766. The van der Waals surface area contributed by atoms with Crippen LogP contribution >= 0.6 is 0 Å². The molecular formula is C21H23N3O5. The van der Waals surface area contributed by atoms with E-state index >= 15 is 0 Å². The number of nitrogens with zero attached hydrogens (tertiary/aromatic N) is 3. The van der Waals surface area contributed by atoms with Gasteiger partial charge >= 0.3 is 0 Å². The van der Waals surface area contributed by atoms with Crippen LogP contribution in [0.2, 0.25) is 0 Å². The molecule has 0 aliphatic carbocycles. The molecule has 0 unspecified atom stereocenters. The molecule has 8 nitrogen and oxygen atoms in total. The molecule has 1 saturated heterocycles. The molecule has 0 N–H and O–H groups in total. The maximum absolute atomic E-state index is 13.5. The van der Waals surface area contributed by atoms with Crippen LogP contribution in [0.25, 0.3) is 0 Å². The van der Waals surface area contributed by atoms with Crippen LogP contribution in [0.5, 0.6) is 5.75 Å². The van der Waals surface area contributed by atoms with Gasteiger partial charge in [-0.3, -0.25) is 14.4 Å². The molecule has 3 heterocycles. The highest BCUT2D eigenvalue weighted by Gasteiger charge is 2.59. The van der Waals surface area contributed by atoms with Gasteiger partial charge in [0, 0.05) is 34.1 Å². The topological polar surface area (TPSA) is 93.0 Å². The molecule has 1 aromatic carbocycles. The average Bonchev–Trinajstić information content (AvgIpc) is 3.24. The van der Waals surface area contributed by atoms with Crippen LogP contribution in [0.4, 0.5) is 0 Å². The highest BCUT2D eigenvalue weighted by atomic mass is 16.5. The smallest absolute Gasteiger partial charge is 0.291 e. The minimum Gasteiger partial charge on any atom is -0.492 e. The predicted octanol–water partition coefficient (Wildman–Crippen LogP) is 1.71. The van der Waals surface area contributed by atoms with Crippen molar-refractivity contribution in [3.63, 3.8) is 0 Å². The van der Waals surface area contributed by atoms with Gasteiger partial charge in [-0.25, -0.2) is 4.98 Å². The lowest BCUT2D eigenvalue weighted by molar-refractivity contribution is -0.135. The number of ketones is 1. The Morgan fingerprint density at radius 2 is 1.97 bits per heavy atom. The molecule has 152 valence electrons. The van der Waals surface area contributed by atoms with E-state index in [1.807, 2.05) is 0 Å². The van der Waals surface area contributed by atoms with E-state index in [0.717, 1.165) is 0 Å². The Labute approximate surface area is 168 Å². The molecule has 1 spiro atoms. The SMILES string of the molecule is Cc1nc(C)c(C(=O)N2C[C@H](C(=O)N(C)C)[C@]3(COc4ccccc4C3=O)C2)o1. The number of ether oxygens (including phenoxy) is 1. The zero-order chi connectivity index (χ0) is 20.9. The summed E-state index contributed by atoms with van der Waals surface area (Å²) < 4.78 is 11.4.